The van der Waals surface area contributed by atoms with E-state index in [0.29, 0.717) is 17.0 Å². The van der Waals surface area contributed by atoms with E-state index in [-0.39, 0.29) is 10.7 Å². The highest BCUT2D eigenvalue weighted by molar-refractivity contribution is 8.24. The van der Waals surface area contributed by atoms with Crippen LogP contribution >= 0.6 is 11.8 Å². The number of allylic oxidation sites excluding steroid dienone is 2. The van der Waals surface area contributed by atoms with Crippen molar-refractivity contribution < 1.29 is 21.6 Å². The minimum absolute atomic E-state index is 0.0295. The fraction of sp³-hybridized carbons (Fsp3) is 0.231. The fourth-order valence-electron chi connectivity index (χ4n) is 2.34. The average molecular weight is 374 g/mol. The molecule has 0 spiro atoms. The highest BCUT2D eigenvalue weighted by Crippen LogP contribution is 2.47. The fourth-order valence-corrected chi connectivity index (χ4v) is 6.92. The van der Waals surface area contributed by atoms with E-state index in [0.717, 1.165) is 16.1 Å². The lowest BCUT2D eigenvalue weighted by atomic mass is 10.2. The summed E-state index contributed by atoms with van der Waals surface area (Å²) in [5.74, 6) is 0.521. The van der Waals surface area contributed by atoms with Crippen LogP contribution < -0.4 is 14.2 Å². The number of anilines is 1. The third-order valence-corrected chi connectivity index (χ3v) is 8.87. The molecule has 1 atom stereocenters. The van der Waals surface area contributed by atoms with E-state index in [1.807, 2.05) is 0 Å². The maximum atomic E-state index is 12.8. The maximum absolute atomic E-state index is 12.8. The Balaban J connectivity index is 1.99. The smallest absolute Gasteiger partial charge is 0.274 e. The Morgan fingerprint density at radius 1 is 1.39 bits per heavy atom. The van der Waals surface area contributed by atoms with E-state index >= 15 is 0 Å². The Hall–Kier alpha value is -1.49. The van der Waals surface area contributed by atoms with Gasteiger partial charge in [0, 0.05) is 18.7 Å². The molecule has 1 aromatic carbocycles. The van der Waals surface area contributed by atoms with Crippen molar-refractivity contribution >= 4 is 37.5 Å². The summed E-state index contributed by atoms with van der Waals surface area (Å²) in [6, 6.07) is 6.60. The van der Waals surface area contributed by atoms with Gasteiger partial charge >= 0.3 is 0 Å². The lowest BCUT2D eigenvalue weighted by Gasteiger charge is -2.24. The summed E-state index contributed by atoms with van der Waals surface area (Å²) in [7, 11) is -6.19. The van der Waals surface area contributed by atoms with E-state index < -0.39 is 24.6 Å². The third kappa shape index (κ3) is 2.87. The molecule has 124 valence electrons. The molecule has 1 unspecified atom stereocenters. The first-order chi connectivity index (χ1) is 10.7. The van der Waals surface area contributed by atoms with Crippen LogP contribution in [0.1, 0.15) is 6.42 Å². The predicted octanol–water partition coefficient (Wildman–Crippen LogP) is 1.32. The molecule has 0 amide bonds. The summed E-state index contributed by atoms with van der Waals surface area (Å²) in [5, 5.41) is 5.14. The first-order valence-corrected chi connectivity index (χ1v) is 10.4. The van der Waals surface area contributed by atoms with Crippen LogP contribution in [0.4, 0.5) is 5.69 Å². The van der Waals surface area contributed by atoms with E-state index in [1.54, 1.807) is 30.3 Å². The van der Waals surface area contributed by atoms with E-state index in [4.69, 9.17) is 9.88 Å². The van der Waals surface area contributed by atoms with Crippen LogP contribution in [0.5, 0.6) is 5.75 Å². The molecule has 10 heteroatoms. The van der Waals surface area contributed by atoms with Gasteiger partial charge in [-0.1, -0.05) is 17.8 Å². The zero-order valence-corrected chi connectivity index (χ0v) is 14.5. The van der Waals surface area contributed by atoms with Gasteiger partial charge in [0.15, 0.2) is 0 Å². The summed E-state index contributed by atoms with van der Waals surface area (Å²) in [6.45, 7) is 0. The number of primary sulfonamides is 1. The minimum atomic E-state index is -3.86. The van der Waals surface area contributed by atoms with Crippen LogP contribution in [-0.4, -0.2) is 28.5 Å². The molecular formula is C13H14N2O5S3. The summed E-state index contributed by atoms with van der Waals surface area (Å²) < 4.78 is 53.8. The van der Waals surface area contributed by atoms with Crippen molar-refractivity contribution in [2.75, 3.05) is 11.4 Å². The molecule has 3 rings (SSSR count). The molecular weight excluding hydrogens is 360 g/mol. The van der Waals surface area contributed by atoms with E-state index in [9.17, 15) is 16.8 Å². The van der Waals surface area contributed by atoms with Crippen molar-refractivity contribution in [3.05, 3.63) is 46.4 Å². The molecule has 2 aliphatic heterocycles. The molecule has 0 saturated carbocycles. The van der Waals surface area contributed by atoms with E-state index in [1.165, 1.54) is 13.3 Å². The second kappa shape index (κ2) is 5.55. The number of hydrogen-bond acceptors (Lipinski definition) is 6. The predicted molar refractivity (Wildman–Crippen MR) is 89.7 cm³/mol. The highest BCUT2D eigenvalue weighted by Gasteiger charge is 2.42. The molecule has 0 radical (unpaired) electrons. The lowest BCUT2D eigenvalue weighted by Crippen LogP contribution is -2.28. The van der Waals surface area contributed by atoms with Crippen LogP contribution in [0.2, 0.25) is 0 Å². The van der Waals surface area contributed by atoms with Gasteiger partial charge in [-0.3, -0.25) is 0 Å². The first kappa shape index (κ1) is 16.4. The SMILES string of the molecule is COc1cccc(N2C=CC3=C(SC(S(N)(=O)=O)C3)S2(=O)=O)c1. The van der Waals surface area contributed by atoms with Crippen molar-refractivity contribution in [2.45, 2.75) is 11.0 Å². The van der Waals surface area contributed by atoms with Crippen molar-refractivity contribution in [3.8, 4) is 5.75 Å². The summed E-state index contributed by atoms with van der Waals surface area (Å²) in [6.07, 6.45) is 3.10. The number of methoxy groups -OCH3 is 1. The topological polar surface area (TPSA) is 107 Å². The highest BCUT2D eigenvalue weighted by atomic mass is 32.3. The monoisotopic (exact) mass is 374 g/mol. The minimum Gasteiger partial charge on any atom is -0.497 e. The normalized spacial score (nSPS) is 23.0. The van der Waals surface area contributed by atoms with Gasteiger partial charge in [0.2, 0.25) is 10.0 Å². The number of nitrogens with zero attached hydrogens (tertiary/aromatic N) is 1. The summed E-state index contributed by atoms with van der Waals surface area (Å²) in [4.78, 5) is 0. The molecule has 7 nitrogen and oxygen atoms in total. The number of nitrogens with two attached hydrogens (primary N) is 1. The molecule has 0 bridgehead atoms. The van der Waals surface area contributed by atoms with Crippen molar-refractivity contribution in [1.82, 2.24) is 0 Å². The Labute approximate surface area is 138 Å². The lowest BCUT2D eigenvalue weighted by molar-refractivity contribution is 0.415. The first-order valence-electron chi connectivity index (χ1n) is 6.51. The number of hydrogen-bond donors (Lipinski definition) is 1. The number of sulfonamides is 2. The van der Waals surface area contributed by atoms with Crippen molar-refractivity contribution in [1.29, 1.82) is 0 Å². The second-order valence-electron chi connectivity index (χ2n) is 4.97. The largest absolute Gasteiger partial charge is 0.497 e. The standard InChI is InChI=1S/C13H14N2O5S3/c1-20-11-4-2-3-10(8-11)15-6-5-9-7-12(22(14,16)17)21-13(9)23(15,18)19/h2-6,8,12H,7H2,1H3,(H2,14,16,17). The van der Waals surface area contributed by atoms with Crippen molar-refractivity contribution in [2.24, 2.45) is 5.14 Å². The average Bonchev–Trinajstić information content (AvgIpc) is 2.93. The molecule has 0 aliphatic carbocycles. The zero-order valence-electron chi connectivity index (χ0n) is 12.0. The van der Waals surface area contributed by atoms with Gasteiger partial charge in [0.1, 0.15) is 14.6 Å². The van der Waals surface area contributed by atoms with E-state index in [2.05, 4.69) is 0 Å². The third-order valence-electron chi connectivity index (χ3n) is 3.47. The number of benzene rings is 1. The number of rotatable bonds is 3. The molecule has 23 heavy (non-hydrogen) atoms. The molecule has 0 saturated heterocycles. The summed E-state index contributed by atoms with van der Waals surface area (Å²) >= 11 is 0.771. The van der Waals surface area contributed by atoms with Gasteiger partial charge in [-0.2, -0.15) is 0 Å². The number of thioether (sulfide) groups is 1. The zero-order chi connectivity index (χ0) is 16.8. The van der Waals surface area contributed by atoms with Gasteiger partial charge in [0.05, 0.1) is 12.8 Å². The van der Waals surface area contributed by atoms with Gasteiger partial charge in [-0.05, 0) is 23.8 Å². The van der Waals surface area contributed by atoms with Crippen LogP contribution in [-0.2, 0) is 20.0 Å². The molecule has 0 aromatic heterocycles. The van der Waals surface area contributed by atoms with Gasteiger partial charge in [-0.15, -0.1) is 0 Å². The maximum Gasteiger partial charge on any atom is 0.274 e. The Bertz CT molecular complexity index is 919. The van der Waals surface area contributed by atoms with Gasteiger partial charge in [0.25, 0.3) is 10.0 Å². The Morgan fingerprint density at radius 2 is 2.13 bits per heavy atom. The Morgan fingerprint density at radius 3 is 2.78 bits per heavy atom. The summed E-state index contributed by atoms with van der Waals surface area (Å²) in [5.41, 5.74) is 0.875. The van der Waals surface area contributed by atoms with Crippen LogP contribution in [0.3, 0.4) is 0 Å². The van der Waals surface area contributed by atoms with Crippen molar-refractivity contribution in [3.63, 3.8) is 0 Å². The molecule has 2 aliphatic rings. The van der Waals surface area contributed by atoms with Crippen LogP contribution in [0.25, 0.3) is 0 Å². The van der Waals surface area contributed by atoms with Crippen LogP contribution in [0, 0.1) is 0 Å². The molecule has 2 heterocycles. The quantitative estimate of drug-likeness (QED) is 0.855. The molecule has 1 aromatic rings. The van der Waals surface area contributed by atoms with Gasteiger partial charge in [-0.25, -0.2) is 26.3 Å². The molecule has 2 N–H and O–H groups in total. The molecule has 0 fully saturated rings. The van der Waals surface area contributed by atoms with Gasteiger partial charge < -0.3 is 4.74 Å². The Kier molecular flexibility index (Phi) is 3.95. The number of ether oxygens (including phenoxy) is 1. The second-order valence-corrected chi connectivity index (χ2v) is 10.2. The van der Waals surface area contributed by atoms with Crippen LogP contribution in [0.15, 0.2) is 46.4 Å².